The number of hydrogen-bond acceptors (Lipinski definition) is 3. The summed E-state index contributed by atoms with van der Waals surface area (Å²) in [5.41, 5.74) is 8.55. The second kappa shape index (κ2) is 3.96. The molecular formula is C13H16N4. The topological polar surface area (TPSA) is 56.7 Å². The van der Waals surface area contributed by atoms with Crippen molar-refractivity contribution in [2.75, 3.05) is 0 Å². The number of hydrogen-bond donors (Lipinski definition) is 1. The lowest BCUT2D eigenvalue weighted by molar-refractivity contribution is 0.461. The van der Waals surface area contributed by atoms with Gasteiger partial charge in [-0.3, -0.25) is 0 Å². The Morgan fingerprint density at radius 1 is 1.24 bits per heavy atom. The predicted octanol–water partition coefficient (Wildman–Crippen LogP) is 2.00. The molecule has 0 atom stereocenters. The summed E-state index contributed by atoms with van der Waals surface area (Å²) < 4.78 is 1.77. The van der Waals surface area contributed by atoms with Gasteiger partial charge in [0.2, 0.25) is 0 Å². The van der Waals surface area contributed by atoms with Gasteiger partial charge in [-0.05, 0) is 30.5 Å². The van der Waals surface area contributed by atoms with Gasteiger partial charge in [0.1, 0.15) is 12.7 Å². The van der Waals surface area contributed by atoms with Gasteiger partial charge in [0, 0.05) is 5.54 Å². The normalized spacial score (nSPS) is 18.4. The van der Waals surface area contributed by atoms with E-state index in [2.05, 4.69) is 22.2 Å². The van der Waals surface area contributed by atoms with Gasteiger partial charge < -0.3 is 5.73 Å². The fraction of sp³-hybridized carbons (Fsp3) is 0.385. The summed E-state index contributed by atoms with van der Waals surface area (Å²) in [5, 5.41) is 4.14. The summed E-state index contributed by atoms with van der Waals surface area (Å²) in [5.74, 6) is 0. The molecule has 88 valence electrons. The van der Waals surface area contributed by atoms with E-state index in [1.165, 1.54) is 18.4 Å². The first-order chi connectivity index (χ1) is 8.28. The minimum absolute atomic E-state index is 0.142. The Bertz CT molecular complexity index is 498. The molecule has 1 aliphatic rings. The van der Waals surface area contributed by atoms with Gasteiger partial charge in [-0.25, -0.2) is 9.67 Å². The molecule has 0 saturated heterocycles. The molecule has 2 aromatic rings. The Morgan fingerprint density at radius 2 is 2.06 bits per heavy atom. The first-order valence-electron chi connectivity index (χ1n) is 6.02. The number of benzene rings is 1. The Labute approximate surface area is 100 Å². The Balaban J connectivity index is 1.99. The minimum Gasteiger partial charge on any atom is -0.321 e. The molecule has 1 aliphatic carbocycles. The third-order valence-corrected chi connectivity index (χ3v) is 3.60. The highest BCUT2D eigenvalue weighted by molar-refractivity contribution is 5.38. The second-order valence-electron chi connectivity index (χ2n) is 4.75. The van der Waals surface area contributed by atoms with E-state index in [4.69, 9.17) is 5.73 Å². The van der Waals surface area contributed by atoms with Crippen LogP contribution in [0, 0.1) is 0 Å². The van der Waals surface area contributed by atoms with E-state index in [0.717, 1.165) is 18.5 Å². The van der Waals surface area contributed by atoms with Crippen LogP contribution in [0.2, 0.25) is 0 Å². The maximum atomic E-state index is 6.46. The molecule has 3 rings (SSSR count). The predicted molar refractivity (Wildman–Crippen MR) is 65.7 cm³/mol. The number of aromatic nitrogens is 3. The molecule has 1 aromatic heterocycles. The van der Waals surface area contributed by atoms with Gasteiger partial charge >= 0.3 is 0 Å². The number of nitrogens with two attached hydrogens (primary N) is 1. The molecule has 17 heavy (non-hydrogen) atoms. The molecule has 4 heteroatoms. The van der Waals surface area contributed by atoms with Gasteiger partial charge in [0.25, 0.3) is 0 Å². The van der Waals surface area contributed by atoms with E-state index < -0.39 is 0 Å². The maximum absolute atomic E-state index is 6.46. The Hall–Kier alpha value is -1.68. The fourth-order valence-electron chi connectivity index (χ4n) is 2.59. The highest BCUT2D eigenvalue weighted by atomic mass is 15.3. The molecule has 0 spiro atoms. The van der Waals surface area contributed by atoms with Gasteiger partial charge in [-0.15, -0.1) is 0 Å². The van der Waals surface area contributed by atoms with Crippen LogP contribution in [-0.2, 0) is 5.54 Å². The van der Waals surface area contributed by atoms with Gasteiger partial charge in [0.05, 0.1) is 5.69 Å². The van der Waals surface area contributed by atoms with Crippen LogP contribution < -0.4 is 5.73 Å². The van der Waals surface area contributed by atoms with Crippen molar-refractivity contribution >= 4 is 0 Å². The molecule has 1 heterocycles. The van der Waals surface area contributed by atoms with Crippen molar-refractivity contribution in [1.29, 1.82) is 0 Å². The smallest absolute Gasteiger partial charge is 0.138 e. The molecule has 0 aliphatic heterocycles. The van der Waals surface area contributed by atoms with Gasteiger partial charge in [-0.1, -0.05) is 25.0 Å². The van der Waals surface area contributed by atoms with Crippen LogP contribution in [0.15, 0.2) is 36.9 Å². The quantitative estimate of drug-likeness (QED) is 0.855. The second-order valence-corrected chi connectivity index (χ2v) is 4.75. The van der Waals surface area contributed by atoms with Crippen LogP contribution in [0.5, 0.6) is 0 Å². The summed E-state index contributed by atoms with van der Waals surface area (Å²) in [6.07, 6.45) is 7.85. The fourth-order valence-corrected chi connectivity index (χ4v) is 2.59. The van der Waals surface area contributed by atoms with Crippen molar-refractivity contribution in [2.24, 2.45) is 5.73 Å². The van der Waals surface area contributed by atoms with E-state index in [1.807, 2.05) is 12.1 Å². The monoisotopic (exact) mass is 228 g/mol. The van der Waals surface area contributed by atoms with Crippen molar-refractivity contribution in [3.05, 3.63) is 42.5 Å². The molecule has 0 unspecified atom stereocenters. The van der Waals surface area contributed by atoms with Gasteiger partial charge in [-0.2, -0.15) is 5.10 Å². The van der Waals surface area contributed by atoms with Crippen molar-refractivity contribution in [3.63, 3.8) is 0 Å². The standard InChI is InChI=1S/C13H16N4/c14-13(6-1-2-7-13)11-4-3-5-12(8-11)17-10-15-9-16-17/h3-5,8-10H,1-2,6-7,14H2. The number of rotatable bonds is 2. The van der Waals surface area contributed by atoms with Crippen LogP contribution in [0.3, 0.4) is 0 Å². The van der Waals surface area contributed by atoms with Crippen LogP contribution in [0.25, 0.3) is 5.69 Å². The Kier molecular flexibility index (Phi) is 2.44. The number of nitrogens with zero attached hydrogens (tertiary/aromatic N) is 3. The van der Waals surface area contributed by atoms with Crippen LogP contribution in [0.1, 0.15) is 31.2 Å². The van der Waals surface area contributed by atoms with Crippen molar-refractivity contribution < 1.29 is 0 Å². The molecule has 4 nitrogen and oxygen atoms in total. The summed E-state index contributed by atoms with van der Waals surface area (Å²) in [6.45, 7) is 0. The van der Waals surface area contributed by atoms with E-state index in [0.29, 0.717) is 0 Å². The highest BCUT2D eigenvalue weighted by Gasteiger charge is 2.31. The molecule has 0 radical (unpaired) electrons. The largest absolute Gasteiger partial charge is 0.321 e. The third-order valence-electron chi connectivity index (χ3n) is 3.60. The Morgan fingerprint density at radius 3 is 2.76 bits per heavy atom. The molecule has 0 amide bonds. The summed E-state index contributed by atoms with van der Waals surface area (Å²) >= 11 is 0. The summed E-state index contributed by atoms with van der Waals surface area (Å²) in [7, 11) is 0. The molecular weight excluding hydrogens is 212 g/mol. The van der Waals surface area contributed by atoms with Crippen LogP contribution >= 0.6 is 0 Å². The highest BCUT2D eigenvalue weighted by Crippen LogP contribution is 2.36. The molecule has 2 N–H and O–H groups in total. The molecule has 1 saturated carbocycles. The van der Waals surface area contributed by atoms with E-state index in [9.17, 15) is 0 Å². The first kappa shape index (κ1) is 10.5. The zero-order valence-electron chi connectivity index (χ0n) is 9.71. The lowest BCUT2D eigenvalue weighted by Crippen LogP contribution is -2.33. The van der Waals surface area contributed by atoms with Crippen molar-refractivity contribution in [3.8, 4) is 5.69 Å². The van der Waals surface area contributed by atoms with E-state index in [-0.39, 0.29) is 5.54 Å². The average molecular weight is 228 g/mol. The van der Waals surface area contributed by atoms with E-state index in [1.54, 1.807) is 17.3 Å². The average Bonchev–Trinajstić information content (AvgIpc) is 3.01. The zero-order valence-corrected chi connectivity index (χ0v) is 9.71. The summed E-state index contributed by atoms with van der Waals surface area (Å²) in [6, 6.07) is 8.31. The SMILES string of the molecule is NC1(c2cccc(-n3cncn3)c2)CCCC1. The molecule has 1 fully saturated rings. The van der Waals surface area contributed by atoms with E-state index >= 15 is 0 Å². The lowest BCUT2D eigenvalue weighted by atomic mass is 9.89. The third kappa shape index (κ3) is 1.85. The lowest BCUT2D eigenvalue weighted by Gasteiger charge is -2.24. The van der Waals surface area contributed by atoms with Crippen molar-refractivity contribution in [2.45, 2.75) is 31.2 Å². The molecule has 1 aromatic carbocycles. The minimum atomic E-state index is -0.142. The van der Waals surface area contributed by atoms with Crippen LogP contribution in [-0.4, -0.2) is 14.8 Å². The first-order valence-corrected chi connectivity index (χ1v) is 6.02. The maximum Gasteiger partial charge on any atom is 0.138 e. The van der Waals surface area contributed by atoms with Crippen molar-refractivity contribution in [1.82, 2.24) is 14.8 Å². The summed E-state index contributed by atoms with van der Waals surface area (Å²) in [4.78, 5) is 3.96. The van der Waals surface area contributed by atoms with Crippen LogP contribution in [0.4, 0.5) is 0 Å². The van der Waals surface area contributed by atoms with Gasteiger partial charge in [0.15, 0.2) is 0 Å². The molecule has 0 bridgehead atoms. The zero-order chi connectivity index (χ0) is 11.7.